The van der Waals surface area contributed by atoms with Crippen molar-refractivity contribution < 1.29 is 9.53 Å². The van der Waals surface area contributed by atoms with Crippen LogP contribution in [0.15, 0.2) is 47.5 Å². The molecule has 2 aromatic carbocycles. The first-order valence-corrected chi connectivity index (χ1v) is 11.1. The van der Waals surface area contributed by atoms with E-state index in [1.165, 1.54) is 22.7 Å². The molecule has 4 rings (SSSR count). The van der Waals surface area contributed by atoms with E-state index >= 15 is 0 Å². The summed E-state index contributed by atoms with van der Waals surface area (Å²) in [5, 5.41) is 1.98. The van der Waals surface area contributed by atoms with E-state index < -0.39 is 0 Å². The molecule has 1 amide bonds. The van der Waals surface area contributed by atoms with Crippen LogP contribution in [0.4, 0.5) is 0 Å². The van der Waals surface area contributed by atoms with Crippen LogP contribution in [0.1, 0.15) is 16.6 Å². The first-order valence-electron chi connectivity index (χ1n) is 8.71. The molecule has 4 nitrogen and oxygen atoms in total. The summed E-state index contributed by atoms with van der Waals surface area (Å²) in [4.78, 5) is 18.4. The number of carbonyl (C=O) groups excluding carboxylic acids is 1. The van der Waals surface area contributed by atoms with Crippen LogP contribution in [0.3, 0.4) is 0 Å². The van der Waals surface area contributed by atoms with Crippen molar-refractivity contribution in [3.05, 3.63) is 62.2 Å². The molecule has 0 bridgehead atoms. The van der Waals surface area contributed by atoms with Gasteiger partial charge in [0.2, 0.25) is 0 Å². The zero-order chi connectivity index (χ0) is 19.7. The minimum atomic E-state index is -0.339. The van der Waals surface area contributed by atoms with Gasteiger partial charge >= 0.3 is 0 Å². The van der Waals surface area contributed by atoms with E-state index in [0.717, 1.165) is 20.3 Å². The van der Waals surface area contributed by atoms with E-state index in [1.54, 1.807) is 0 Å². The SMILES string of the molecule is CCOCCn1c(=NC(=O)c2sc3ccccc3c2Cl)sc2cc(Cl)ccc21. The largest absolute Gasteiger partial charge is 0.380 e. The van der Waals surface area contributed by atoms with Crippen molar-refractivity contribution in [1.29, 1.82) is 0 Å². The van der Waals surface area contributed by atoms with Crippen LogP contribution >= 0.6 is 45.9 Å². The van der Waals surface area contributed by atoms with Crippen molar-refractivity contribution in [2.24, 2.45) is 4.99 Å². The van der Waals surface area contributed by atoms with Gasteiger partial charge in [0.05, 0.1) is 21.8 Å². The number of hydrogen-bond donors (Lipinski definition) is 0. The Morgan fingerprint density at radius 1 is 1.14 bits per heavy atom. The van der Waals surface area contributed by atoms with E-state index in [-0.39, 0.29) is 5.91 Å². The van der Waals surface area contributed by atoms with E-state index in [9.17, 15) is 4.79 Å². The van der Waals surface area contributed by atoms with Crippen molar-refractivity contribution in [3.8, 4) is 0 Å². The Morgan fingerprint density at radius 2 is 1.96 bits per heavy atom. The van der Waals surface area contributed by atoms with Gasteiger partial charge in [-0.2, -0.15) is 4.99 Å². The molecule has 0 spiro atoms. The number of nitrogens with zero attached hydrogens (tertiary/aromatic N) is 2. The minimum absolute atomic E-state index is 0.339. The smallest absolute Gasteiger partial charge is 0.291 e. The minimum Gasteiger partial charge on any atom is -0.380 e. The fourth-order valence-electron chi connectivity index (χ4n) is 2.94. The molecule has 0 N–H and O–H groups in total. The second kappa shape index (κ2) is 8.35. The highest BCUT2D eigenvalue weighted by atomic mass is 35.5. The van der Waals surface area contributed by atoms with Crippen molar-refractivity contribution in [2.75, 3.05) is 13.2 Å². The van der Waals surface area contributed by atoms with Crippen molar-refractivity contribution in [2.45, 2.75) is 13.5 Å². The highest BCUT2D eigenvalue weighted by molar-refractivity contribution is 7.21. The molecule has 8 heteroatoms. The third kappa shape index (κ3) is 3.75. The molecule has 0 aliphatic heterocycles. The molecule has 0 saturated carbocycles. The van der Waals surface area contributed by atoms with Crippen LogP contribution in [-0.2, 0) is 11.3 Å². The zero-order valence-corrected chi connectivity index (χ0v) is 18.1. The number of hydrogen-bond acceptors (Lipinski definition) is 4. The molecule has 4 aromatic rings. The van der Waals surface area contributed by atoms with E-state index in [0.29, 0.717) is 39.5 Å². The van der Waals surface area contributed by atoms with Gasteiger partial charge in [0.1, 0.15) is 4.88 Å². The van der Waals surface area contributed by atoms with Gasteiger partial charge in [0.15, 0.2) is 4.80 Å². The lowest BCUT2D eigenvalue weighted by Gasteiger charge is -2.05. The monoisotopic (exact) mass is 450 g/mol. The zero-order valence-electron chi connectivity index (χ0n) is 14.9. The molecule has 0 fully saturated rings. The van der Waals surface area contributed by atoms with E-state index in [1.807, 2.05) is 54.0 Å². The van der Waals surface area contributed by atoms with Crippen molar-refractivity contribution in [1.82, 2.24) is 4.57 Å². The Morgan fingerprint density at radius 3 is 2.75 bits per heavy atom. The van der Waals surface area contributed by atoms with Crippen LogP contribution in [0.25, 0.3) is 20.3 Å². The topological polar surface area (TPSA) is 43.6 Å². The molecule has 2 aromatic heterocycles. The molecule has 2 heterocycles. The Bertz CT molecular complexity index is 1240. The van der Waals surface area contributed by atoms with Crippen LogP contribution in [0, 0.1) is 0 Å². The maximum Gasteiger partial charge on any atom is 0.291 e. The summed E-state index contributed by atoms with van der Waals surface area (Å²) in [5.74, 6) is -0.339. The number of carbonyl (C=O) groups is 1. The van der Waals surface area contributed by atoms with Gasteiger partial charge in [-0.3, -0.25) is 4.79 Å². The summed E-state index contributed by atoms with van der Waals surface area (Å²) in [5.41, 5.74) is 0.975. The van der Waals surface area contributed by atoms with Gasteiger partial charge in [0.25, 0.3) is 5.91 Å². The Kier molecular flexibility index (Phi) is 5.85. The molecular weight excluding hydrogens is 435 g/mol. The second-order valence-electron chi connectivity index (χ2n) is 6.00. The standard InChI is InChI=1S/C20H16Cl2N2O2S2/c1-2-26-10-9-24-14-8-7-12(21)11-16(14)28-20(24)23-19(25)18-17(22)13-5-3-4-6-15(13)27-18/h3-8,11H,2,9-10H2,1H3. The first-order chi connectivity index (χ1) is 13.6. The predicted octanol–water partition coefficient (Wildman–Crippen LogP) is 6.00. The lowest BCUT2D eigenvalue weighted by molar-refractivity contribution is 0.100. The van der Waals surface area contributed by atoms with Crippen molar-refractivity contribution in [3.63, 3.8) is 0 Å². The fraction of sp³-hybridized carbons (Fsp3) is 0.200. The summed E-state index contributed by atoms with van der Waals surface area (Å²) in [6, 6.07) is 13.4. The lowest BCUT2D eigenvalue weighted by atomic mass is 10.2. The van der Waals surface area contributed by atoms with Crippen LogP contribution in [0.5, 0.6) is 0 Å². The number of thiophene rings is 1. The normalized spacial score (nSPS) is 12.3. The number of fused-ring (bicyclic) bond motifs is 2. The van der Waals surface area contributed by atoms with Crippen LogP contribution < -0.4 is 4.80 Å². The summed E-state index contributed by atoms with van der Waals surface area (Å²) in [6.07, 6.45) is 0. The third-order valence-corrected chi connectivity index (χ3v) is 7.17. The highest BCUT2D eigenvalue weighted by Gasteiger charge is 2.17. The molecule has 28 heavy (non-hydrogen) atoms. The van der Waals surface area contributed by atoms with E-state index in [4.69, 9.17) is 27.9 Å². The quantitative estimate of drug-likeness (QED) is 0.349. The Labute approximate surface area is 179 Å². The second-order valence-corrected chi connectivity index (χ2v) is 8.88. The summed E-state index contributed by atoms with van der Waals surface area (Å²) >= 11 is 15.4. The molecule has 144 valence electrons. The fourth-order valence-corrected chi connectivity index (χ4v) is 5.66. The van der Waals surface area contributed by atoms with Gasteiger partial charge in [0, 0.05) is 28.3 Å². The average molecular weight is 451 g/mol. The lowest BCUT2D eigenvalue weighted by Crippen LogP contribution is -2.19. The van der Waals surface area contributed by atoms with Gasteiger partial charge in [-0.15, -0.1) is 11.3 Å². The Balaban J connectivity index is 1.81. The number of halogens is 2. The average Bonchev–Trinajstić information content (AvgIpc) is 3.19. The molecule has 0 aliphatic carbocycles. The highest BCUT2D eigenvalue weighted by Crippen LogP contribution is 2.35. The molecule has 0 unspecified atom stereocenters. The molecule has 0 saturated heterocycles. The molecule has 0 atom stereocenters. The number of rotatable bonds is 5. The number of benzene rings is 2. The maximum atomic E-state index is 12.9. The Hall–Kier alpha value is -1.70. The van der Waals surface area contributed by atoms with Crippen molar-refractivity contribution >= 4 is 72.1 Å². The van der Waals surface area contributed by atoms with Crippen LogP contribution in [0.2, 0.25) is 10.0 Å². The number of ether oxygens (including phenoxy) is 1. The molecular formula is C20H16Cl2N2O2S2. The molecule has 0 radical (unpaired) electrons. The van der Waals surface area contributed by atoms with Gasteiger partial charge in [-0.25, -0.2) is 0 Å². The molecule has 0 aliphatic rings. The van der Waals surface area contributed by atoms with Crippen LogP contribution in [-0.4, -0.2) is 23.7 Å². The maximum absolute atomic E-state index is 12.9. The van der Waals surface area contributed by atoms with Gasteiger partial charge in [-0.05, 0) is 31.2 Å². The summed E-state index contributed by atoms with van der Waals surface area (Å²) in [6.45, 7) is 3.73. The number of amides is 1. The predicted molar refractivity (Wildman–Crippen MR) is 118 cm³/mol. The first kappa shape index (κ1) is 19.6. The van der Waals surface area contributed by atoms with Gasteiger partial charge in [-0.1, -0.05) is 52.7 Å². The summed E-state index contributed by atoms with van der Waals surface area (Å²) < 4.78 is 9.43. The van der Waals surface area contributed by atoms with E-state index in [2.05, 4.69) is 4.99 Å². The third-order valence-electron chi connectivity index (χ3n) is 4.23. The summed E-state index contributed by atoms with van der Waals surface area (Å²) in [7, 11) is 0. The number of aromatic nitrogens is 1. The number of thiazole rings is 1. The van der Waals surface area contributed by atoms with Gasteiger partial charge < -0.3 is 9.30 Å².